The lowest BCUT2D eigenvalue weighted by atomic mass is 10.4. The van der Waals surface area contributed by atoms with E-state index >= 15 is 0 Å². The van der Waals surface area contributed by atoms with E-state index in [9.17, 15) is 4.79 Å². The molecule has 0 bridgehead atoms. The minimum atomic E-state index is -0.226. The van der Waals surface area contributed by atoms with Crippen LogP contribution in [0.2, 0.25) is 0 Å². The molecule has 3 rings (SSSR count). The molecule has 3 heterocycles. The summed E-state index contributed by atoms with van der Waals surface area (Å²) in [5, 5.41) is 0. The third kappa shape index (κ3) is 2.14. The first-order valence-electron chi connectivity index (χ1n) is 6.44. The maximum absolute atomic E-state index is 11.6. The summed E-state index contributed by atoms with van der Waals surface area (Å²) in [5.74, 6) is 1.78. The maximum atomic E-state index is 11.6. The van der Waals surface area contributed by atoms with Crippen molar-refractivity contribution >= 4 is 11.6 Å². The summed E-state index contributed by atoms with van der Waals surface area (Å²) in [6, 6.07) is 2.03. The topological polar surface area (TPSA) is 52.2 Å². The van der Waals surface area contributed by atoms with Crippen LogP contribution in [0.25, 0.3) is 0 Å². The zero-order valence-electron chi connectivity index (χ0n) is 9.98. The molecule has 1 aromatic rings. The molecular formula is C12H18N4O. The molecule has 2 saturated heterocycles. The first kappa shape index (κ1) is 10.6. The SMILES string of the molecule is O=c1nc(N2CCCC2)cc(N2CCCC2)[nH]1. The van der Waals surface area contributed by atoms with Crippen molar-refractivity contribution in [3.63, 3.8) is 0 Å². The van der Waals surface area contributed by atoms with Crippen LogP contribution < -0.4 is 15.5 Å². The molecule has 1 N–H and O–H groups in total. The van der Waals surface area contributed by atoms with Crippen molar-refractivity contribution in [2.75, 3.05) is 36.0 Å². The Labute approximate surface area is 100 Å². The Morgan fingerprint density at radius 1 is 1.00 bits per heavy atom. The van der Waals surface area contributed by atoms with Crippen LogP contribution in [0.15, 0.2) is 10.9 Å². The fraction of sp³-hybridized carbons (Fsp3) is 0.667. The van der Waals surface area contributed by atoms with Crippen LogP contribution in [0.5, 0.6) is 0 Å². The number of hydrogen-bond donors (Lipinski definition) is 1. The molecule has 0 saturated carbocycles. The molecule has 17 heavy (non-hydrogen) atoms. The second-order valence-electron chi connectivity index (χ2n) is 4.82. The highest BCUT2D eigenvalue weighted by atomic mass is 16.1. The minimum absolute atomic E-state index is 0.226. The van der Waals surface area contributed by atoms with Crippen molar-refractivity contribution in [3.05, 3.63) is 16.6 Å². The monoisotopic (exact) mass is 234 g/mol. The van der Waals surface area contributed by atoms with Gasteiger partial charge < -0.3 is 9.80 Å². The molecule has 0 radical (unpaired) electrons. The molecule has 2 aliphatic heterocycles. The summed E-state index contributed by atoms with van der Waals surface area (Å²) < 4.78 is 0. The number of hydrogen-bond acceptors (Lipinski definition) is 4. The van der Waals surface area contributed by atoms with Crippen LogP contribution in [0.1, 0.15) is 25.7 Å². The highest BCUT2D eigenvalue weighted by Gasteiger charge is 2.18. The van der Waals surface area contributed by atoms with Crippen molar-refractivity contribution in [1.29, 1.82) is 0 Å². The van der Waals surface area contributed by atoms with E-state index in [1.165, 1.54) is 25.7 Å². The van der Waals surface area contributed by atoms with Gasteiger partial charge in [0.25, 0.3) is 0 Å². The van der Waals surface area contributed by atoms with Crippen LogP contribution >= 0.6 is 0 Å². The quantitative estimate of drug-likeness (QED) is 0.828. The average molecular weight is 234 g/mol. The van der Waals surface area contributed by atoms with Gasteiger partial charge in [-0.2, -0.15) is 4.98 Å². The minimum Gasteiger partial charge on any atom is -0.358 e. The molecular weight excluding hydrogens is 216 g/mol. The van der Waals surface area contributed by atoms with Gasteiger partial charge in [-0.3, -0.25) is 4.98 Å². The van der Waals surface area contributed by atoms with Gasteiger partial charge in [0, 0.05) is 32.2 Å². The lowest BCUT2D eigenvalue weighted by Gasteiger charge is -2.20. The Bertz CT molecular complexity index is 407. The first-order valence-corrected chi connectivity index (χ1v) is 6.44. The van der Waals surface area contributed by atoms with E-state index in [4.69, 9.17) is 0 Å². The second-order valence-corrected chi connectivity index (χ2v) is 4.82. The fourth-order valence-corrected chi connectivity index (χ4v) is 2.67. The van der Waals surface area contributed by atoms with Gasteiger partial charge in [-0.1, -0.05) is 0 Å². The number of nitrogens with zero attached hydrogens (tertiary/aromatic N) is 3. The summed E-state index contributed by atoms with van der Waals surface area (Å²) in [5.41, 5.74) is -0.226. The van der Waals surface area contributed by atoms with E-state index in [1.807, 2.05) is 6.07 Å². The number of rotatable bonds is 2. The normalized spacial score (nSPS) is 20.2. The van der Waals surface area contributed by atoms with Gasteiger partial charge in [0.15, 0.2) is 0 Å². The van der Waals surface area contributed by atoms with Crippen LogP contribution in [0.3, 0.4) is 0 Å². The van der Waals surface area contributed by atoms with Crippen LogP contribution in [0, 0.1) is 0 Å². The number of aromatic amines is 1. The predicted octanol–water partition coefficient (Wildman–Crippen LogP) is 0.970. The zero-order valence-corrected chi connectivity index (χ0v) is 9.98. The number of anilines is 2. The molecule has 5 heteroatoms. The molecule has 0 aromatic carbocycles. The molecule has 5 nitrogen and oxygen atoms in total. The molecule has 92 valence electrons. The van der Waals surface area contributed by atoms with Crippen molar-refractivity contribution < 1.29 is 0 Å². The fourth-order valence-electron chi connectivity index (χ4n) is 2.67. The van der Waals surface area contributed by atoms with Gasteiger partial charge in [-0.15, -0.1) is 0 Å². The molecule has 0 spiro atoms. The van der Waals surface area contributed by atoms with E-state index in [1.54, 1.807) is 0 Å². The van der Waals surface area contributed by atoms with Crippen molar-refractivity contribution in [1.82, 2.24) is 9.97 Å². The van der Waals surface area contributed by atoms with Gasteiger partial charge in [-0.25, -0.2) is 4.79 Å². The van der Waals surface area contributed by atoms with Gasteiger partial charge in [0.2, 0.25) is 0 Å². The summed E-state index contributed by atoms with van der Waals surface area (Å²) in [4.78, 5) is 23.0. The Hall–Kier alpha value is -1.52. The van der Waals surface area contributed by atoms with Crippen molar-refractivity contribution in [3.8, 4) is 0 Å². The van der Waals surface area contributed by atoms with Crippen molar-refractivity contribution in [2.24, 2.45) is 0 Å². The van der Waals surface area contributed by atoms with E-state index < -0.39 is 0 Å². The summed E-state index contributed by atoms with van der Waals surface area (Å²) >= 11 is 0. The standard InChI is InChI=1S/C12H18N4O/c17-12-13-10(15-5-1-2-6-15)9-11(14-12)16-7-3-4-8-16/h9H,1-8H2,(H,13,14,17). The largest absolute Gasteiger partial charge is 0.358 e. The molecule has 0 unspecified atom stereocenters. The summed E-state index contributed by atoms with van der Waals surface area (Å²) in [7, 11) is 0. The van der Waals surface area contributed by atoms with E-state index in [2.05, 4.69) is 19.8 Å². The molecule has 2 aliphatic rings. The van der Waals surface area contributed by atoms with Crippen molar-refractivity contribution in [2.45, 2.75) is 25.7 Å². The lowest BCUT2D eigenvalue weighted by Crippen LogP contribution is -2.27. The smallest absolute Gasteiger partial charge is 0.348 e. The van der Waals surface area contributed by atoms with Gasteiger partial charge in [0.05, 0.1) is 0 Å². The van der Waals surface area contributed by atoms with Gasteiger partial charge in [0.1, 0.15) is 11.6 Å². The lowest BCUT2D eigenvalue weighted by molar-refractivity contribution is 0.878. The summed E-state index contributed by atoms with van der Waals surface area (Å²) in [6.07, 6.45) is 4.83. The Morgan fingerprint density at radius 2 is 1.59 bits per heavy atom. The Morgan fingerprint density at radius 3 is 2.24 bits per heavy atom. The zero-order chi connectivity index (χ0) is 11.7. The Kier molecular flexibility index (Phi) is 2.74. The van der Waals surface area contributed by atoms with E-state index in [-0.39, 0.29) is 5.69 Å². The molecule has 0 aliphatic carbocycles. The molecule has 1 aromatic heterocycles. The molecule has 2 fully saturated rings. The number of nitrogens with one attached hydrogen (secondary N) is 1. The second kappa shape index (κ2) is 4.39. The van der Waals surface area contributed by atoms with E-state index in [0.717, 1.165) is 37.8 Å². The molecule has 0 amide bonds. The maximum Gasteiger partial charge on any atom is 0.348 e. The third-order valence-corrected chi connectivity index (χ3v) is 3.59. The van der Waals surface area contributed by atoms with Crippen LogP contribution in [-0.2, 0) is 0 Å². The first-order chi connectivity index (χ1) is 8.33. The van der Waals surface area contributed by atoms with E-state index in [0.29, 0.717) is 0 Å². The van der Waals surface area contributed by atoms with Crippen LogP contribution in [0.4, 0.5) is 11.6 Å². The Balaban J connectivity index is 1.91. The highest BCUT2D eigenvalue weighted by Crippen LogP contribution is 2.22. The predicted molar refractivity (Wildman–Crippen MR) is 67.8 cm³/mol. The third-order valence-electron chi connectivity index (χ3n) is 3.59. The highest BCUT2D eigenvalue weighted by molar-refractivity contribution is 5.50. The van der Waals surface area contributed by atoms with Gasteiger partial charge >= 0.3 is 5.69 Å². The number of aromatic nitrogens is 2. The van der Waals surface area contributed by atoms with Gasteiger partial charge in [-0.05, 0) is 25.7 Å². The average Bonchev–Trinajstić information content (AvgIpc) is 3.02. The van der Waals surface area contributed by atoms with Crippen LogP contribution in [-0.4, -0.2) is 36.1 Å². The molecule has 0 atom stereocenters. The summed E-state index contributed by atoms with van der Waals surface area (Å²) in [6.45, 7) is 4.13. The number of H-pyrrole nitrogens is 1.